The third-order valence-electron chi connectivity index (χ3n) is 5.35. The van der Waals surface area contributed by atoms with Crippen LogP contribution in [0.5, 0.6) is 0 Å². The number of aromatic nitrogens is 2. The van der Waals surface area contributed by atoms with E-state index in [1.165, 1.54) is 12.8 Å². The number of carbonyl (C=O) groups excluding carboxylic acids is 2. The molecule has 0 bridgehead atoms. The predicted molar refractivity (Wildman–Crippen MR) is 86.7 cm³/mol. The van der Waals surface area contributed by atoms with Crippen molar-refractivity contribution in [1.29, 1.82) is 0 Å². The normalized spacial score (nSPS) is 25.0. The largest absolute Gasteiger partial charge is 0.351 e. The third kappa shape index (κ3) is 3.12. The van der Waals surface area contributed by atoms with Crippen molar-refractivity contribution in [3.63, 3.8) is 0 Å². The van der Waals surface area contributed by atoms with Gasteiger partial charge >= 0.3 is 0 Å². The summed E-state index contributed by atoms with van der Waals surface area (Å²) >= 11 is 0. The summed E-state index contributed by atoms with van der Waals surface area (Å²) in [6.45, 7) is 4.69. The lowest BCUT2D eigenvalue weighted by Gasteiger charge is -2.35. The molecule has 1 aromatic heterocycles. The van der Waals surface area contributed by atoms with E-state index in [0.717, 1.165) is 31.5 Å². The summed E-state index contributed by atoms with van der Waals surface area (Å²) in [5.74, 6) is 0.819. The van der Waals surface area contributed by atoms with Gasteiger partial charge in [0.05, 0.1) is 0 Å². The van der Waals surface area contributed by atoms with Crippen molar-refractivity contribution in [3.8, 4) is 0 Å². The fraction of sp³-hybridized carbons (Fsp3) is 0.706. The van der Waals surface area contributed by atoms with Gasteiger partial charge in [-0.05, 0) is 39.5 Å². The molecular weight excluding hydrogens is 292 g/mol. The molecule has 2 aliphatic rings. The molecule has 0 aromatic carbocycles. The van der Waals surface area contributed by atoms with E-state index in [0.29, 0.717) is 6.54 Å². The highest BCUT2D eigenvalue weighted by Crippen LogP contribution is 2.30. The van der Waals surface area contributed by atoms with Gasteiger partial charge < -0.3 is 14.8 Å². The average Bonchev–Trinajstić information content (AvgIpc) is 3.23. The van der Waals surface area contributed by atoms with Gasteiger partial charge in [0.15, 0.2) is 0 Å². The molecule has 3 rings (SSSR count). The van der Waals surface area contributed by atoms with Gasteiger partial charge in [0, 0.05) is 25.0 Å². The Morgan fingerprint density at radius 1 is 1.35 bits per heavy atom. The number of aryl methyl sites for hydroxylation is 1. The summed E-state index contributed by atoms with van der Waals surface area (Å²) in [5.41, 5.74) is -0.714. The topological polar surface area (TPSA) is 67.2 Å². The van der Waals surface area contributed by atoms with Crippen molar-refractivity contribution in [3.05, 3.63) is 18.2 Å². The quantitative estimate of drug-likeness (QED) is 0.917. The molecule has 126 valence electrons. The monoisotopic (exact) mass is 318 g/mol. The molecule has 1 aliphatic carbocycles. The zero-order valence-corrected chi connectivity index (χ0v) is 14.0. The summed E-state index contributed by atoms with van der Waals surface area (Å²) in [7, 11) is 0. The van der Waals surface area contributed by atoms with Crippen LogP contribution in [0.15, 0.2) is 12.4 Å². The van der Waals surface area contributed by atoms with Crippen molar-refractivity contribution in [2.45, 2.75) is 70.5 Å². The van der Waals surface area contributed by atoms with E-state index in [9.17, 15) is 9.59 Å². The van der Waals surface area contributed by atoms with Crippen LogP contribution in [0.3, 0.4) is 0 Å². The first-order valence-corrected chi connectivity index (χ1v) is 8.60. The molecule has 0 radical (unpaired) electrons. The Balaban J connectivity index is 1.69. The maximum absolute atomic E-state index is 12.8. The zero-order chi connectivity index (χ0) is 16.4. The summed E-state index contributed by atoms with van der Waals surface area (Å²) in [4.78, 5) is 31.4. The number of nitrogens with zero attached hydrogens (tertiary/aromatic N) is 3. The number of likely N-dealkylation sites (tertiary alicyclic amines) is 1. The molecule has 1 aromatic rings. The Morgan fingerprint density at radius 2 is 2.09 bits per heavy atom. The van der Waals surface area contributed by atoms with Crippen LogP contribution in [0.1, 0.15) is 51.3 Å². The lowest BCUT2D eigenvalue weighted by molar-refractivity contribution is -0.144. The van der Waals surface area contributed by atoms with E-state index in [-0.39, 0.29) is 24.4 Å². The van der Waals surface area contributed by atoms with Gasteiger partial charge in [-0.15, -0.1) is 0 Å². The van der Waals surface area contributed by atoms with Gasteiger partial charge in [-0.3, -0.25) is 9.59 Å². The van der Waals surface area contributed by atoms with Gasteiger partial charge in [0.25, 0.3) is 0 Å². The number of hydrogen-bond donors (Lipinski definition) is 1. The summed E-state index contributed by atoms with van der Waals surface area (Å²) in [6.07, 6.45) is 9.60. The highest BCUT2D eigenvalue weighted by molar-refractivity contribution is 5.91. The van der Waals surface area contributed by atoms with Crippen molar-refractivity contribution in [1.82, 2.24) is 19.8 Å². The second-order valence-electron chi connectivity index (χ2n) is 6.98. The molecule has 2 fully saturated rings. The van der Waals surface area contributed by atoms with E-state index in [2.05, 4.69) is 10.3 Å². The fourth-order valence-corrected chi connectivity index (χ4v) is 3.81. The highest BCUT2D eigenvalue weighted by atomic mass is 16.2. The lowest BCUT2D eigenvalue weighted by Crippen LogP contribution is -2.57. The van der Waals surface area contributed by atoms with Crippen LogP contribution in [0.2, 0.25) is 0 Å². The molecule has 0 unspecified atom stereocenters. The lowest BCUT2D eigenvalue weighted by atomic mass is 9.96. The number of hydrogen-bond acceptors (Lipinski definition) is 3. The van der Waals surface area contributed by atoms with E-state index < -0.39 is 5.54 Å². The molecule has 0 spiro atoms. The Hall–Kier alpha value is -1.85. The molecular formula is C17H26N4O2. The number of rotatable bonds is 4. The highest BCUT2D eigenvalue weighted by Gasteiger charge is 2.46. The van der Waals surface area contributed by atoms with Crippen molar-refractivity contribution in [2.24, 2.45) is 0 Å². The van der Waals surface area contributed by atoms with Crippen LogP contribution in [0.25, 0.3) is 0 Å². The van der Waals surface area contributed by atoms with Crippen LogP contribution in [0.4, 0.5) is 0 Å². The Morgan fingerprint density at radius 3 is 2.74 bits per heavy atom. The first-order chi connectivity index (χ1) is 11.0. The van der Waals surface area contributed by atoms with Gasteiger partial charge in [-0.25, -0.2) is 4.98 Å². The van der Waals surface area contributed by atoms with Crippen molar-refractivity contribution >= 4 is 11.8 Å². The fourth-order valence-electron chi connectivity index (χ4n) is 3.81. The number of nitrogens with one attached hydrogen (secondary N) is 1. The van der Waals surface area contributed by atoms with Crippen molar-refractivity contribution in [2.75, 3.05) is 6.54 Å². The van der Waals surface area contributed by atoms with Gasteiger partial charge in [-0.1, -0.05) is 12.8 Å². The van der Waals surface area contributed by atoms with Crippen molar-refractivity contribution < 1.29 is 9.59 Å². The molecule has 1 saturated heterocycles. The molecule has 1 saturated carbocycles. The van der Waals surface area contributed by atoms with Gasteiger partial charge in [0.1, 0.15) is 17.9 Å². The van der Waals surface area contributed by atoms with E-state index in [4.69, 9.17) is 0 Å². The van der Waals surface area contributed by atoms with E-state index >= 15 is 0 Å². The predicted octanol–water partition coefficient (Wildman–Crippen LogP) is 1.63. The first-order valence-electron chi connectivity index (χ1n) is 8.60. The zero-order valence-electron chi connectivity index (χ0n) is 14.0. The molecule has 1 N–H and O–H groups in total. The summed E-state index contributed by atoms with van der Waals surface area (Å²) in [6, 6.07) is 0.285. The van der Waals surface area contributed by atoms with Gasteiger partial charge in [-0.2, -0.15) is 0 Å². The Labute approximate surface area is 137 Å². The minimum Gasteiger partial charge on any atom is -0.351 e. The summed E-state index contributed by atoms with van der Waals surface area (Å²) < 4.78 is 1.83. The maximum atomic E-state index is 12.8. The van der Waals surface area contributed by atoms with E-state index in [1.54, 1.807) is 17.3 Å². The van der Waals surface area contributed by atoms with Crippen LogP contribution in [0, 0.1) is 6.92 Å². The summed E-state index contributed by atoms with van der Waals surface area (Å²) in [5, 5.41) is 3.16. The number of imidazole rings is 1. The molecule has 1 atom stereocenters. The maximum Gasteiger partial charge on any atom is 0.245 e. The number of amides is 2. The third-order valence-corrected chi connectivity index (χ3v) is 5.35. The first kappa shape index (κ1) is 16.0. The van der Waals surface area contributed by atoms with Crippen LogP contribution >= 0.6 is 0 Å². The van der Waals surface area contributed by atoms with Gasteiger partial charge in [0.2, 0.25) is 11.8 Å². The van der Waals surface area contributed by atoms with Crippen LogP contribution in [-0.4, -0.2) is 44.4 Å². The average molecular weight is 318 g/mol. The molecule has 2 amide bonds. The minimum absolute atomic E-state index is 0.00679. The van der Waals surface area contributed by atoms with E-state index in [1.807, 2.05) is 18.4 Å². The molecule has 6 nitrogen and oxygen atoms in total. The SMILES string of the molecule is Cc1nccn1CC(=O)N1CCC[C@]1(C)C(=O)NC1CCCC1. The Bertz CT molecular complexity index is 591. The second kappa shape index (κ2) is 6.34. The molecule has 6 heteroatoms. The molecule has 2 heterocycles. The minimum atomic E-state index is -0.714. The van der Waals surface area contributed by atoms with Crippen LogP contribution < -0.4 is 5.32 Å². The molecule has 23 heavy (non-hydrogen) atoms. The number of carbonyl (C=O) groups is 2. The molecule has 1 aliphatic heterocycles. The second-order valence-corrected chi connectivity index (χ2v) is 6.98. The smallest absolute Gasteiger partial charge is 0.245 e. The standard InChI is InChI=1S/C17H26N4O2/c1-13-18-9-11-20(13)12-15(22)21-10-5-8-17(21,2)16(23)19-14-6-3-4-7-14/h9,11,14H,3-8,10,12H2,1-2H3,(H,19,23)/t17-/m1/s1. The Kier molecular flexibility index (Phi) is 4.41. The van der Waals surface area contributed by atoms with Crippen LogP contribution in [-0.2, 0) is 16.1 Å².